The fourth-order valence-electron chi connectivity index (χ4n) is 1.11. The monoisotopic (exact) mass is 334 g/mol. The summed E-state index contributed by atoms with van der Waals surface area (Å²) in [7, 11) is -4.97. The molecule has 2 unspecified atom stereocenters. The van der Waals surface area contributed by atoms with Gasteiger partial charge in [-0.25, -0.2) is 0 Å². The summed E-state index contributed by atoms with van der Waals surface area (Å²) in [6.45, 7) is 2.54. The third kappa shape index (κ3) is 9.96. The van der Waals surface area contributed by atoms with Crippen molar-refractivity contribution < 1.29 is 71.8 Å². The van der Waals surface area contributed by atoms with Crippen LogP contribution in [0.15, 0.2) is 12.7 Å². The van der Waals surface area contributed by atoms with Crippen molar-refractivity contribution in [2.75, 3.05) is 19.8 Å². The molecule has 0 aromatic heterocycles. The zero-order valence-electron chi connectivity index (χ0n) is 11.4. The van der Waals surface area contributed by atoms with Crippen molar-refractivity contribution >= 4 is 22.1 Å². The van der Waals surface area contributed by atoms with E-state index in [1.165, 1.54) is 6.08 Å². The Morgan fingerprint density at radius 3 is 2.33 bits per heavy atom. The van der Waals surface area contributed by atoms with Gasteiger partial charge in [0.15, 0.2) is 5.25 Å². The van der Waals surface area contributed by atoms with Gasteiger partial charge in [0.25, 0.3) is 10.1 Å². The molecule has 0 bridgehead atoms. The van der Waals surface area contributed by atoms with Gasteiger partial charge in [0.2, 0.25) is 0 Å². The molecule has 0 aliphatic heterocycles. The van der Waals surface area contributed by atoms with Crippen molar-refractivity contribution in [3.8, 4) is 0 Å². The minimum Gasteiger partial charge on any atom is -0.550 e. The third-order valence-electron chi connectivity index (χ3n) is 2.00. The van der Waals surface area contributed by atoms with E-state index in [0.29, 0.717) is 0 Å². The van der Waals surface area contributed by atoms with Crippen molar-refractivity contribution in [1.29, 1.82) is 0 Å². The van der Waals surface area contributed by atoms with Crippen molar-refractivity contribution in [2.45, 2.75) is 17.8 Å². The predicted molar refractivity (Wildman–Crippen MR) is 62.9 cm³/mol. The van der Waals surface area contributed by atoms with E-state index in [4.69, 9.17) is 14.4 Å². The Bertz CT molecular complexity index is 447. The number of aliphatic hydroxyl groups excluding tert-OH is 1. The van der Waals surface area contributed by atoms with E-state index in [0.717, 1.165) is 0 Å². The van der Waals surface area contributed by atoms with Gasteiger partial charge in [0.1, 0.15) is 6.10 Å². The van der Waals surface area contributed by atoms with Gasteiger partial charge in [-0.3, -0.25) is 9.35 Å². The number of esters is 1. The van der Waals surface area contributed by atoms with Crippen LogP contribution in [0, 0.1) is 0 Å². The first-order valence-electron chi connectivity index (χ1n) is 5.38. The quantitative estimate of drug-likeness (QED) is 0.131. The number of hydrogen-bond acceptors (Lipinski definition) is 8. The second-order valence-corrected chi connectivity index (χ2v) is 5.25. The average Bonchev–Trinajstić information content (AvgIpc) is 2.33. The van der Waals surface area contributed by atoms with Gasteiger partial charge in [-0.2, -0.15) is 8.42 Å². The van der Waals surface area contributed by atoms with E-state index in [1.807, 2.05) is 0 Å². The fraction of sp³-hybridized carbons (Fsp3) is 0.600. The normalized spacial score (nSPS) is 13.6. The van der Waals surface area contributed by atoms with Crippen LogP contribution >= 0.6 is 0 Å². The van der Waals surface area contributed by atoms with Gasteiger partial charge < -0.3 is 24.5 Å². The number of aliphatic hydroxyl groups is 1. The predicted octanol–water partition coefficient (Wildman–Crippen LogP) is -5.51. The smallest absolute Gasteiger partial charge is 0.550 e. The Morgan fingerprint density at radius 2 is 1.95 bits per heavy atom. The summed E-state index contributed by atoms with van der Waals surface area (Å²) in [4.78, 5) is 21.8. The number of carbonyl (C=O) groups is 2. The molecule has 11 heteroatoms. The Balaban J connectivity index is 0. The van der Waals surface area contributed by atoms with E-state index in [9.17, 15) is 23.1 Å². The molecular weight excluding hydrogens is 319 g/mol. The Labute approximate surface area is 144 Å². The van der Waals surface area contributed by atoms with Crippen LogP contribution in [0.1, 0.15) is 6.42 Å². The molecule has 21 heavy (non-hydrogen) atoms. The SMILES string of the molecule is C=CCOCC(CO)OC(=O)C(CC(=O)[O-])S(=O)(=O)O.[Na+]. The summed E-state index contributed by atoms with van der Waals surface area (Å²) >= 11 is 0. The molecule has 0 saturated heterocycles. The topological polar surface area (TPSA) is 150 Å². The summed E-state index contributed by atoms with van der Waals surface area (Å²) in [5, 5.41) is 16.9. The van der Waals surface area contributed by atoms with Gasteiger partial charge in [-0.05, 0) is 0 Å². The second kappa shape index (κ2) is 11.1. The average molecular weight is 334 g/mol. The molecular formula is C10H15NaO9S. The van der Waals surface area contributed by atoms with Crippen molar-refractivity contribution in [1.82, 2.24) is 0 Å². The molecule has 0 heterocycles. The van der Waals surface area contributed by atoms with E-state index in [1.54, 1.807) is 0 Å². The van der Waals surface area contributed by atoms with Crippen LogP contribution < -0.4 is 34.7 Å². The zero-order chi connectivity index (χ0) is 15.8. The zero-order valence-corrected chi connectivity index (χ0v) is 14.2. The van der Waals surface area contributed by atoms with Crippen LogP contribution in [0.4, 0.5) is 0 Å². The molecule has 9 nitrogen and oxygen atoms in total. The summed E-state index contributed by atoms with van der Waals surface area (Å²) < 4.78 is 40.0. The molecule has 0 aliphatic rings. The Morgan fingerprint density at radius 1 is 1.38 bits per heavy atom. The van der Waals surface area contributed by atoms with Crippen LogP contribution in [0.3, 0.4) is 0 Å². The summed E-state index contributed by atoms with van der Waals surface area (Å²) in [5.74, 6) is -3.37. The van der Waals surface area contributed by atoms with Crippen LogP contribution in [0.2, 0.25) is 0 Å². The molecule has 0 fully saturated rings. The molecule has 0 saturated carbocycles. The van der Waals surface area contributed by atoms with Crippen LogP contribution in [0.25, 0.3) is 0 Å². The van der Waals surface area contributed by atoms with Crippen LogP contribution in [-0.4, -0.2) is 61.2 Å². The molecule has 116 valence electrons. The number of carbonyl (C=O) groups excluding carboxylic acids is 2. The molecule has 0 spiro atoms. The molecule has 0 aromatic carbocycles. The molecule has 0 amide bonds. The number of carboxylic acid groups (broad SMARTS) is 1. The summed E-state index contributed by atoms with van der Waals surface area (Å²) in [6.07, 6.45) is -1.06. The number of rotatable bonds is 10. The molecule has 0 radical (unpaired) electrons. The van der Waals surface area contributed by atoms with Gasteiger partial charge in [0.05, 0.1) is 19.8 Å². The molecule has 0 aliphatic carbocycles. The minimum atomic E-state index is -4.97. The van der Waals surface area contributed by atoms with Crippen LogP contribution in [-0.2, 0) is 29.2 Å². The molecule has 2 atom stereocenters. The van der Waals surface area contributed by atoms with Crippen molar-refractivity contribution in [3.05, 3.63) is 12.7 Å². The number of aliphatic carboxylic acids is 1. The van der Waals surface area contributed by atoms with Gasteiger partial charge >= 0.3 is 35.5 Å². The minimum absolute atomic E-state index is 0. The number of ether oxygens (including phenoxy) is 2. The van der Waals surface area contributed by atoms with Crippen molar-refractivity contribution in [2.24, 2.45) is 0 Å². The van der Waals surface area contributed by atoms with E-state index in [2.05, 4.69) is 11.3 Å². The first-order valence-corrected chi connectivity index (χ1v) is 6.88. The molecule has 2 N–H and O–H groups in total. The maximum absolute atomic E-state index is 11.5. The third-order valence-corrected chi connectivity index (χ3v) is 3.08. The second-order valence-electron chi connectivity index (χ2n) is 3.65. The number of carboxylic acids is 1. The number of hydrogen-bond donors (Lipinski definition) is 2. The van der Waals surface area contributed by atoms with Gasteiger partial charge in [-0.15, -0.1) is 6.58 Å². The van der Waals surface area contributed by atoms with Crippen molar-refractivity contribution in [3.63, 3.8) is 0 Å². The van der Waals surface area contributed by atoms with E-state index in [-0.39, 0.29) is 42.8 Å². The summed E-state index contributed by atoms with van der Waals surface area (Å²) in [5.41, 5.74) is 0. The van der Waals surface area contributed by atoms with E-state index >= 15 is 0 Å². The van der Waals surface area contributed by atoms with E-state index < -0.39 is 46.4 Å². The molecule has 0 rings (SSSR count). The Kier molecular flexibility index (Phi) is 12.1. The largest absolute Gasteiger partial charge is 1.00 e. The fourth-order valence-corrected chi connectivity index (χ4v) is 1.75. The summed E-state index contributed by atoms with van der Waals surface area (Å²) in [6, 6.07) is 0. The maximum atomic E-state index is 11.5. The van der Waals surface area contributed by atoms with Gasteiger partial charge in [0, 0.05) is 12.4 Å². The first kappa shape index (κ1) is 22.8. The standard InChI is InChI=1S/C10H16O9S.Na/c1-2-3-18-6-7(5-11)19-10(14)8(4-9(12)13)20(15,16)17;/h2,7-8,11H,1,3-6H2,(H,12,13)(H,15,16,17);/q;+1/p-1. The van der Waals surface area contributed by atoms with Gasteiger partial charge in [-0.1, -0.05) is 6.08 Å². The Hall–Kier alpha value is -0.490. The maximum Gasteiger partial charge on any atom is 1.00 e. The first-order chi connectivity index (χ1) is 9.22. The van der Waals surface area contributed by atoms with Crippen LogP contribution in [0.5, 0.6) is 0 Å². The molecule has 0 aromatic rings.